The monoisotopic (exact) mass is 553 g/mol. The first-order valence-electron chi connectivity index (χ1n) is 14.5. The molecule has 0 spiro atoms. The molecule has 2 atom stereocenters. The van der Waals surface area contributed by atoms with Crippen LogP contribution in [0.15, 0.2) is 82.2 Å². The van der Waals surface area contributed by atoms with E-state index in [2.05, 4.69) is 52.7 Å². The van der Waals surface area contributed by atoms with Crippen LogP contribution in [0.25, 0.3) is 11.5 Å². The Balaban J connectivity index is 0.000000423. The lowest BCUT2D eigenvalue weighted by molar-refractivity contribution is 0.0769. The first kappa shape index (κ1) is 28.5. The van der Waals surface area contributed by atoms with E-state index in [0.29, 0.717) is 35.7 Å². The van der Waals surface area contributed by atoms with Crippen molar-refractivity contribution in [3.8, 4) is 11.5 Å². The number of aromatic nitrogens is 1. The average Bonchev–Trinajstić information content (AvgIpc) is 3.74. The van der Waals surface area contributed by atoms with Gasteiger partial charge in [0, 0.05) is 53.1 Å². The lowest BCUT2D eigenvalue weighted by atomic mass is 9.87. The Labute approximate surface area is 242 Å². The maximum absolute atomic E-state index is 13.6. The molecule has 2 unspecified atom stereocenters. The van der Waals surface area contributed by atoms with Gasteiger partial charge in [-0.2, -0.15) is 0 Å². The topological polar surface area (TPSA) is 99.8 Å². The Bertz CT molecular complexity index is 1420. The second kappa shape index (κ2) is 12.6. The fourth-order valence-electron chi connectivity index (χ4n) is 5.53. The van der Waals surface area contributed by atoms with Crippen molar-refractivity contribution in [3.63, 3.8) is 0 Å². The summed E-state index contributed by atoms with van der Waals surface area (Å²) in [4.78, 5) is 37.5. The van der Waals surface area contributed by atoms with E-state index >= 15 is 0 Å². The van der Waals surface area contributed by atoms with Gasteiger partial charge in [-0.1, -0.05) is 42.0 Å². The predicted molar refractivity (Wildman–Crippen MR) is 161 cm³/mol. The van der Waals surface area contributed by atoms with Crippen molar-refractivity contribution in [2.45, 2.75) is 64.5 Å². The molecule has 6 rings (SSSR count). The summed E-state index contributed by atoms with van der Waals surface area (Å²) in [6.07, 6.45) is 9.74. The molecule has 0 aliphatic carbocycles. The van der Waals surface area contributed by atoms with Crippen molar-refractivity contribution < 1.29 is 14.0 Å². The largest absolute Gasteiger partial charge is 0.445 e. The highest BCUT2D eigenvalue weighted by Gasteiger charge is 2.34. The minimum absolute atomic E-state index is 0.000379. The highest BCUT2D eigenvalue weighted by atomic mass is 16.3. The summed E-state index contributed by atoms with van der Waals surface area (Å²) < 4.78 is 5.47. The van der Waals surface area contributed by atoms with Crippen molar-refractivity contribution in [2.24, 2.45) is 4.99 Å². The second-order valence-corrected chi connectivity index (χ2v) is 11.3. The first-order valence-corrected chi connectivity index (χ1v) is 14.5. The minimum Gasteiger partial charge on any atom is -0.445 e. The van der Waals surface area contributed by atoms with Crippen LogP contribution in [-0.2, 0) is 0 Å². The average molecular weight is 554 g/mol. The van der Waals surface area contributed by atoms with E-state index in [9.17, 15) is 9.59 Å². The summed E-state index contributed by atoms with van der Waals surface area (Å²) in [6.45, 7) is 8.50. The third kappa shape index (κ3) is 7.00. The number of oxazole rings is 1. The van der Waals surface area contributed by atoms with E-state index < -0.39 is 0 Å². The van der Waals surface area contributed by atoms with Crippen molar-refractivity contribution >= 4 is 17.5 Å². The molecular formula is C33H39N5O3. The third-order valence-corrected chi connectivity index (χ3v) is 8.08. The molecule has 0 radical (unpaired) electrons. The summed E-state index contributed by atoms with van der Waals surface area (Å²) in [5.74, 6) is 0.0829. The third-order valence-electron chi connectivity index (χ3n) is 8.08. The number of aliphatic imine (C=N–C) groups is 1. The minimum atomic E-state index is -0.205. The van der Waals surface area contributed by atoms with Gasteiger partial charge in [-0.05, 0) is 71.2 Å². The van der Waals surface area contributed by atoms with Crippen LogP contribution in [0.5, 0.6) is 0 Å². The molecule has 8 nitrogen and oxygen atoms in total. The number of nitrogens with zero attached hydrogens (tertiary/aromatic N) is 3. The van der Waals surface area contributed by atoms with Crippen LogP contribution < -0.4 is 10.6 Å². The number of rotatable bonds is 7. The lowest BCUT2D eigenvalue weighted by Gasteiger charge is -2.40. The van der Waals surface area contributed by atoms with Gasteiger partial charge in [-0.15, -0.1) is 0 Å². The summed E-state index contributed by atoms with van der Waals surface area (Å²) in [6, 6.07) is 15.4. The molecule has 0 saturated carbocycles. The van der Waals surface area contributed by atoms with E-state index in [4.69, 9.17) is 4.42 Å². The molecule has 8 heteroatoms. The Hall–Kier alpha value is -4.04. The Kier molecular flexibility index (Phi) is 8.78. The molecule has 3 aliphatic heterocycles. The Morgan fingerprint density at radius 1 is 1.15 bits per heavy atom. The molecule has 3 aromatic rings. The van der Waals surface area contributed by atoms with E-state index in [1.807, 2.05) is 30.0 Å². The summed E-state index contributed by atoms with van der Waals surface area (Å²) in [5.41, 5.74) is 4.96. The standard InChI is InChI=1S/C26H31N5O3.C7H8/c1-17-5-6-21(30-17)22-4-3-12-31(22)25(33)20-15-18(14-19(16-20)24-28-11-13-34-24)23(32)27-9-7-26(2)8-10-29-26;1-7-5-3-2-4-6-7/h5,11,13-16,22,29H,3-4,6-10,12H2,1-2H3,(H,27,32);2-6H,1H3. The van der Waals surface area contributed by atoms with Gasteiger partial charge in [-0.3, -0.25) is 14.6 Å². The van der Waals surface area contributed by atoms with E-state index in [-0.39, 0.29) is 23.4 Å². The summed E-state index contributed by atoms with van der Waals surface area (Å²) in [5, 5.41) is 6.42. The Morgan fingerprint density at radius 2 is 1.93 bits per heavy atom. The molecule has 41 heavy (non-hydrogen) atoms. The number of amides is 2. The normalized spacial score (nSPS) is 21.3. The number of benzene rings is 2. The van der Waals surface area contributed by atoms with Gasteiger partial charge < -0.3 is 20.0 Å². The lowest BCUT2D eigenvalue weighted by Crippen LogP contribution is -2.55. The van der Waals surface area contributed by atoms with Gasteiger partial charge in [0.25, 0.3) is 11.8 Å². The molecule has 1 aromatic heterocycles. The van der Waals surface area contributed by atoms with E-state index in [1.165, 1.54) is 11.8 Å². The van der Waals surface area contributed by atoms with Gasteiger partial charge in [-0.25, -0.2) is 4.98 Å². The SMILES string of the molecule is CC1=CCC(C2CCCN2C(=O)c2cc(C(=O)NCCC3(C)CCN3)cc(-c3ncco3)c2)=N1.Cc1ccccc1. The van der Waals surface area contributed by atoms with Gasteiger partial charge in [0.15, 0.2) is 0 Å². The van der Waals surface area contributed by atoms with Gasteiger partial charge in [0.2, 0.25) is 5.89 Å². The molecule has 2 amide bonds. The number of nitrogens with one attached hydrogen (secondary N) is 2. The molecule has 2 aromatic carbocycles. The number of carbonyl (C=O) groups excluding carboxylic acids is 2. The van der Waals surface area contributed by atoms with E-state index in [0.717, 1.165) is 50.1 Å². The zero-order chi connectivity index (χ0) is 28.8. The summed E-state index contributed by atoms with van der Waals surface area (Å²) >= 11 is 0. The zero-order valence-corrected chi connectivity index (χ0v) is 24.2. The number of likely N-dealkylation sites (tertiary alicyclic amines) is 1. The summed E-state index contributed by atoms with van der Waals surface area (Å²) in [7, 11) is 0. The Morgan fingerprint density at radius 3 is 2.54 bits per heavy atom. The van der Waals surface area contributed by atoms with Gasteiger partial charge >= 0.3 is 0 Å². The first-order chi connectivity index (χ1) is 19.8. The van der Waals surface area contributed by atoms with Gasteiger partial charge in [0.05, 0.1) is 12.2 Å². The second-order valence-electron chi connectivity index (χ2n) is 11.3. The molecular weight excluding hydrogens is 514 g/mol. The smallest absolute Gasteiger partial charge is 0.254 e. The number of aryl methyl sites for hydroxylation is 1. The van der Waals surface area contributed by atoms with Crippen LogP contribution in [0.4, 0.5) is 0 Å². The highest BCUT2D eigenvalue weighted by Crippen LogP contribution is 2.28. The van der Waals surface area contributed by atoms with Crippen LogP contribution in [0.1, 0.15) is 72.2 Å². The molecule has 2 fully saturated rings. The molecule has 2 saturated heterocycles. The quantitative estimate of drug-likeness (QED) is 0.399. The fourth-order valence-corrected chi connectivity index (χ4v) is 5.53. The predicted octanol–water partition coefficient (Wildman–Crippen LogP) is 5.56. The van der Waals surface area contributed by atoms with Crippen LogP contribution in [0, 0.1) is 6.92 Å². The van der Waals surface area contributed by atoms with Crippen molar-refractivity contribution in [1.82, 2.24) is 20.5 Å². The molecule has 4 heterocycles. The molecule has 2 N–H and O–H groups in total. The number of hydrogen-bond acceptors (Lipinski definition) is 6. The van der Waals surface area contributed by atoms with E-state index in [1.54, 1.807) is 24.4 Å². The maximum atomic E-state index is 13.6. The molecule has 0 bridgehead atoms. The van der Waals surface area contributed by atoms with Crippen molar-refractivity contribution in [1.29, 1.82) is 0 Å². The number of carbonyl (C=O) groups is 2. The van der Waals surface area contributed by atoms with Crippen molar-refractivity contribution in [3.05, 3.63) is 89.5 Å². The van der Waals surface area contributed by atoms with Crippen molar-refractivity contribution in [2.75, 3.05) is 19.6 Å². The fraction of sp³-hybridized carbons (Fsp3) is 0.394. The zero-order valence-electron chi connectivity index (χ0n) is 24.2. The van der Waals surface area contributed by atoms with Crippen LogP contribution in [0.2, 0.25) is 0 Å². The molecule has 214 valence electrons. The van der Waals surface area contributed by atoms with Crippen LogP contribution in [0.3, 0.4) is 0 Å². The number of hydrogen-bond donors (Lipinski definition) is 2. The number of allylic oxidation sites excluding steroid dienone is 2. The van der Waals surface area contributed by atoms with Crippen LogP contribution >= 0.6 is 0 Å². The van der Waals surface area contributed by atoms with Crippen LogP contribution in [-0.4, -0.2) is 58.6 Å². The molecule has 3 aliphatic rings. The van der Waals surface area contributed by atoms with Gasteiger partial charge in [0.1, 0.15) is 6.26 Å². The highest BCUT2D eigenvalue weighted by molar-refractivity contribution is 6.04. The maximum Gasteiger partial charge on any atom is 0.254 e.